The molecular weight excluding hydrogens is 352 g/mol. The third-order valence-corrected chi connectivity index (χ3v) is 4.26. The summed E-state index contributed by atoms with van der Waals surface area (Å²) < 4.78 is 0. The Bertz CT molecular complexity index is 1010. The number of carbonyl (C=O) groups is 1. The van der Waals surface area contributed by atoms with Crippen molar-refractivity contribution in [2.24, 2.45) is 5.10 Å². The number of rotatable bonds is 3. The van der Waals surface area contributed by atoms with Gasteiger partial charge in [-0.2, -0.15) is 10.4 Å². The van der Waals surface area contributed by atoms with E-state index in [4.69, 9.17) is 5.26 Å². The van der Waals surface area contributed by atoms with E-state index in [1.807, 2.05) is 6.07 Å². The molecule has 0 fully saturated rings. The number of amides is 1. The molecule has 0 bridgehead atoms. The minimum atomic E-state index is -0.825. The third-order valence-electron chi connectivity index (χ3n) is 4.26. The van der Waals surface area contributed by atoms with Crippen molar-refractivity contribution in [3.63, 3.8) is 0 Å². The first-order valence-corrected chi connectivity index (χ1v) is 7.90. The minimum absolute atomic E-state index is 0.236. The Kier molecular flexibility index (Phi) is 4.48. The lowest BCUT2D eigenvalue weighted by molar-refractivity contribution is -0.386. The molecule has 9 heteroatoms. The number of hydrazone groups is 1. The molecule has 2 aromatic rings. The molecular formula is C18H14N4O5. The van der Waals surface area contributed by atoms with E-state index in [1.165, 1.54) is 18.0 Å². The van der Waals surface area contributed by atoms with Gasteiger partial charge < -0.3 is 10.2 Å². The van der Waals surface area contributed by atoms with Gasteiger partial charge in [0.2, 0.25) is 11.7 Å². The molecule has 0 saturated heterocycles. The average molecular weight is 366 g/mol. The zero-order valence-corrected chi connectivity index (χ0v) is 14.2. The van der Waals surface area contributed by atoms with Crippen molar-refractivity contribution in [1.29, 1.82) is 5.26 Å². The quantitative estimate of drug-likeness (QED) is 0.486. The molecule has 1 heterocycles. The van der Waals surface area contributed by atoms with Gasteiger partial charge in [0.05, 0.1) is 28.3 Å². The van der Waals surface area contributed by atoms with Crippen molar-refractivity contribution in [2.45, 2.75) is 19.4 Å². The molecule has 1 amide bonds. The summed E-state index contributed by atoms with van der Waals surface area (Å²) in [4.78, 5) is 22.2. The second-order valence-electron chi connectivity index (χ2n) is 5.98. The molecule has 2 aromatic carbocycles. The number of carbonyl (C=O) groups excluding carboxylic acids is 1. The molecule has 1 atom stereocenters. The number of nitro benzene ring substituents is 1. The highest BCUT2D eigenvalue weighted by atomic mass is 16.6. The van der Waals surface area contributed by atoms with Crippen LogP contribution >= 0.6 is 0 Å². The molecule has 1 aliphatic heterocycles. The van der Waals surface area contributed by atoms with E-state index >= 15 is 0 Å². The van der Waals surface area contributed by atoms with E-state index in [0.29, 0.717) is 11.3 Å². The fourth-order valence-electron chi connectivity index (χ4n) is 2.92. The Hall–Kier alpha value is -3.93. The highest BCUT2D eigenvalue weighted by Gasteiger charge is 2.32. The monoisotopic (exact) mass is 366 g/mol. The summed E-state index contributed by atoms with van der Waals surface area (Å²) in [6.45, 7) is 1.35. The molecule has 2 N–H and O–H groups in total. The van der Waals surface area contributed by atoms with Crippen LogP contribution in [0.25, 0.3) is 0 Å². The molecule has 1 aliphatic rings. The number of hydrogen-bond donors (Lipinski definition) is 2. The summed E-state index contributed by atoms with van der Waals surface area (Å²) >= 11 is 0. The van der Waals surface area contributed by atoms with Gasteiger partial charge in [0.25, 0.3) is 0 Å². The van der Waals surface area contributed by atoms with Crippen LogP contribution in [0, 0.1) is 21.4 Å². The predicted molar refractivity (Wildman–Crippen MR) is 94.0 cm³/mol. The maximum absolute atomic E-state index is 12.0. The molecule has 0 radical (unpaired) electrons. The first-order valence-electron chi connectivity index (χ1n) is 7.90. The van der Waals surface area contributed by atoms with Gasteiger partial charge in [0.1, 0.15) is 0 Å². The average Bonchev–Trinajstić information content (AvgIpc) is 3.09. The maximum atomic E-state index is 12.0. The number of hydrogen-bond acceptors (Lipinski definition) is 7. The number of aromatic hydroxyl groups is 2. The van der Waals surface area contributed by atoms with Crippen molar-refractivity contribution in [3.8, 4) is 17.6 Å². The van der Waals surface area contributed by atoms with Crippen molar-refractivity contribution in [2.75, 3.05) is 0 Å². The predicted octanol–water partition coefficient (Wildman–Crippen LogP) is 2.58. The smallest absolute Gasteiger partial charge is 0.315 e. The second kappa shape index (κ2) is 6.76. The van der Waals surface area contributed by atoms with Crippen LogP contribution in [-0.2, 0) is 4.79 Å². The summed E-state index contributed by atoms with van der Waals surface area (Å²) in [5, 5.41) is 44.9. The van der Waals surface area contributed by atoms with E-state index < -0.39 is 28.2 Å². The zero-order valence-electron chi connectivity index (χ0n) is 14.2. The molecule has 27 heavy (non-hydrogen) atoms. The Balaban J connectivity index is 2.01. The SMILES string of the molecule is CC(=O)N1N=C(c2cc(O)c(O)c([N+](=O)[O-])c2)CC1c1ccc(C#N)cc1. The van der Waals surface area contributed by atoms with E-state index in [0.717, 1.165) is 11.6 Å². The van der Waals surface area contributed by atoms with Gasteiger partial charge in [-0.25, -0.2) is 5.01 Å². The molecule has 0 saturated carbocycles. The summed E-state index contributed by atoms with van der Waals surface area (Å²) in [5.41, 5.74) is 1.17. The molecule has 0 aliphatic carbocycles. The fraction of sp³-hybridized carbons (Fsp3) is 0.167. The minimum Gasteiger partial charge on any atom is -0.504 e. The van der Waals surface area contributed by atoms with Crippen LogP contribution < -0.4 is 0 Å². The lowest BCUT2D eigenvalue weighted by Gasteiger charge is -2.20. The fourth-order valence-corrected chi connectivity index (χ4v) is 2.92. The van der Waals surface area contributed by atoms with Crippen LogP contribution in [0.3, 0.4) is 0 Å². The van der Waals surface area contributed by atoms with Crippen LogP contribution in [0.4, 0.5) is 5.69 Å². The standard InChI is InChI=1S/C18H14N4O5/c1-10(23)21-15(12-4-2-11(9-19)3-5-12)8-14(20-21)13-6-16(22(26)27)18(25)17(24)7-13/h2-7,15,24-25H,8H2,1H3. The Morgan fingerprint density at radius 3 is 2.56 bits per heavy atom. The van der Waals surface area contributed by atoms with Crippen molar-refractivity contribution < 1.29 is 19.9 Å². The second-order valence-corrected chi connectivity index (χ2v) is 5.98. The number of nitrogens with zero attached hydrogens (tertiary/aromatic N) is 4. The van der Waals surface area contributed by atoms with Gasteiger partial charge in [0, 0.05) is 25.0 Å². The third kappa shape index (κ3) is 3.28. The number of phenolic OH excluding ortho intramolecular Hbond substituents is 2. The van der Waals surface area contributed by atoms with Crippen molar-refractivity contribution >= 4 is 17.3 Å². The maximum Gasteiger partial charge on any atom is 0.315 e. The first-order chi connectivity index (χ1) is 12.8. The Morgan fingerprint density at radius 2 is 2.00 bits per heavy atom. The Labute approximate surface area is 153 Å². The van der Waals surface area contributed by atoms with E-state index in [-0.39, 0.29) is 17.9 Å². The van der Waals surface area contributed by atoms with Crippen molar-refractivity contribution in [3.05, 3.63) is 63.2 Å². The van der Waals surface area contributed by atoms with Gasteiger partial charge in [0.15, 0.2) is 5.75 Å². The van der Waals surface area contributed by atoms with E-state index in [9.17, 15) is 25.1 Å². The number of phenols is 2. The molecule has 0 spiro atoms. The van der Waals surface area contributed by atoms with E-state index in [2.05, 4.69) is 5.10 Å². The lowest BCUT2D eigenvalue weighted by Crippen LogP contribution is -2.24. The number of nitro groups is 1. The van der Waals surface area contributed by atoms with Gasteiger partial charge in [-0.1, -0.05) is 12.1 Å². The highest BCUT2D eigenvalue weighted by molar-refractivity contribution is 6.04. The largest absolute Gasteiger partial charge is 0.504 e. The van der Waals surface area contributed by atoms with Crippen LogP contribution in [0.15, 0.2) is 41.5 Å². The topological polar surface area (TPSA) is 140 Å². The lowest BCUT2D eigenvalue weighted by atomic mass is 9.97. The molecule has 0 aromatic heterocycles. The van der Waals surface area contributed by atoms with Crippen LogP contribution in [0.5, 0.6) is 11.5 Å². The first kappa shape index (κ1) is 17.9. The van der Waals surface area contributed by atoms with Crippen LogP contribution in [0.2, 0.25) is 0 Å². The highest BCUT2D eigenvalue weighted by Crippen LogP contribution is 2.39. The summed E-state index contributed by atoms with van der Waals surface area (Å²) in [5.74, 6) is -1.79. The van der Waals surface area contributed by atoms with E-state index in [1.54, 1.807) is 24.3 Å². The summed E-state index contributed by atoms with van der Waals surface area (Å²) in [7, 11) is 0. The number of benzene rings is 2. The van der Waals surface area contributed by atoms with Crippen LogP contribution in [0.1, 0.15) is 36.1 Å². The normalized spacial score (nSPS) is 15.9. The zero-order chi connectivity index (χ0) is 19.7. The van der Waals surface area contributed by atoms with Gasteiger partial charge >= 0.3 is 5.69 Å². The molecule has 3 rings (SSSR count). The molecule has 9 nitrogen and oxygen atoms in total. The van der Waals surface area contributed by atoms with Crippen molar-refractivity contribution in [1.82, 2.24) is 5.01 Å². The Morgan fingerprint density at radius 1 is 1.33 bits per heavy atom. The van der Waals surface area contributed by atoms with Gasteiger partial charge in [-0.3, -0.25) is 14.9 Å². The number of nitriles is 1. The summed E-state index contributed by atoms with van der Waals surface area (Å²) in [6.07, 6.45) is 0.257. The molecule has 1 unspecified atom stereocenters. The summed E-state index contributed by atoms with van der Waals surface area (Å²) in [6, 6.07) is 10.5. The van der Waals surface area contributed by atoms with Gasteiger partial charge in [-0.15, -0.1) is 0 Å². The van der Waals surface area contributed by atoms with Gasteiger partial charge in [-0.05, 0) is 23.8 Å². The van der Waals surface area contributed by atoms with Crippen LogP contribution in [-0.4, -0.2) is 31.8 Å². The molecule has 136 valence electrons.